The maximum Gasteiger partial charge on any atom is 0.189 e. The van der Waals surface area contributed by atoms with Gasteiger partial charge in [-0.3, -0.25) is 4.79 Å². The lowest BCUT2D eigenvalue weighted by atomic mass is 9.86. The number of aryl methyl sites for hydroxylation is 1. The van der Waals surface area contributed by atoms with Crippen LogP contribution in [0.15, 0.2) is 53.8 Å². The van der Waals surface area contributed by atoms with Crippen LogP contribution in [-0.4, -0.2) is 22.4 Å². The average Bonchev–Trinajstić information content (AvgIpc) is 3.31. The van der Waals surface area contributed by atoms with Gasteiger partial charge in [0.15, 0.2) is 5.78 Å². The number of nitrogens with zero attached hydrogens (tertiary/aromatic N) is 1. The average molecular weight is 350 g/mol. The van der Waals surface area contributed by atoms with Crippen molar-refractivity contribution in [3.63, 3.8) is 0 Å². The van der Waals surface area contributed by atoms with E-state index in [0.717, 1.165) is 52.3 Å². The molecule has 0 unspecified atom stereocenters. The first-order valence-corrected chi connectivity index (χ1v) is 9.19. The molecular formula is C20H18N2O2S. The van der Waals surface area contributed by atoms with Gasteiger partial charge in [0.05, 0.1) is 12.9 Å². The zero-order chi connectivity index (χ0) is 17.1. The number of aromatic amines is 1. The third-order valence-electron chi connectivity index (χ3n) is 4.33. The van der Waals surface area contributed by atoms with Gasteiger partial charge in [-0.2, -0.15) is 0 Å². The van der Waals surface area contributed by atoms with Crippen LogP contribution in [0.25, 0.3) is 6.08 Å². The molecule has 126 valence electrons. The van der Waals surface area contributed by atoms with Crippen molar-refractivity contribution in [3.05, 3.63) is 75.5 Å². The van der Waals surface area contributed by atoms with Crippen molar-refractivity contribution >= 4 is 23.2 Å². The van der Waals surface area contributed by atoms with Crippen LogP contribution in [0.2, 0.25) is 0 Å². The lowest BCUT2D eigenvalue weighted by molar-refractivity contribution is 0.102. The molecule has 4 rings (SSSR count). The standard InChI is InChI=1S/C20H18N2O2S/c23-20-15(11-18-2-1-9-25-18)4-3-14-10-17(5-6-19(14)20)24-8-7-16-12-21-13-22-16/h1-2,5-6,9-13H,3-4,7-8H2,(H,21,22). The van der Waals surface area contributed by atoms with E-state index in [2.05, 4.69) is 9.97 Å². The number of carbonyl (C=O) groups is 1. The summed E-state index contributed by atoms with van der Waals surface area (Å²) in [6.07, 6.45) is 7.92. The Morgan fingerprint density at radius 2 is 2.24 bits per heavy atom. The minimum atomic E-state index is 0.138. The molecule has 0 atom stereocenters. The van der Waals surface area contributed by atoms with Gasteiger partial charge in [-0.25, -0.2) is 4.98 Å². The number of ketones is 1. The first-order chi connectivity index (χ1) is 12.3. The first kappa shape index (κ1) is 15.8. The number of aromatic nitrogens is 2. The Balaban J connectivity index is 1.46. The Labute approximate surface area is 150 Å². The number of Topliss-reactive ketones (excluding diaryl/α,β-unsaturated/α-hetero) is 1. The third kappa shape index (κ3) is 3.56. The maximum atomic E-state index is 12.7. The molecule has 0 amide bonds. The molecule has 0 spiro atoms. The smallest absolute Gasteiger partial charge is 0.189 e. The molecule has 25 heavy (non-hydrogen) atoms. The van der Waals surface area contributed by atoms with E-state index in [1.807, 2.05) is 41.8 Å². The highest BCUT2D eigenvalue weighted by atomic mass is 32.1. The van der Waals surface area contributed by atoms with Crippen LogP contribution in [0, 0.1) is 0 Å². The summed E-state index contributed by atoms with van der Waals surface area (Å²) in [5, 5.41) is 2.03. The zero-order valence-corrected chi connectivity index (χ0v) is 14.5. The van der Waals surface area contributed by atoms with Crippen LogP contribution in [0.3, 0.4) is 0 Å². The summed E-state index contributed by atoms with van der Waals surface area (Å²) in [6.45, 7) is 0.582. The van der Waals surface area contributed by atoms with E-state index >= 15 is 0 Å². The molecule has 1 N–H and O–H groups in total. The van der Waals surface area contributed by atoms with E-state index in [1.54, 1.807) is 23.9 Å². The van der Waals surface area contributed by atoms with Crippen LogP contribution in [0.5, 0.6) is 5.75 Å². The molecule has 1 aromatic carbocycles. The second-order valence-corrected chi connectivity index (χ2v) is 6.99. The Morgan fingerprint density at radius 1 is 1.28 bits per heavy atom. The predicted octanol–water partition coefficient (Wildman–Crippen LogP) is 4.31. The molecular weight excluding hydrogens is 332 g/mol. The van der Waals surface area contributed by atoms with Crippen molar-refractivity contribution in [1.29, 1.82) is 0 Å². The number of fused-ring (bicyclic) bond motifs is 1. The van der Waals surface area contributed by atoms with Crippen molar-refractivity contribution in [2.75, 3.05) is 6.61 Å². The van der Waals surface area contributed by atoms with Gasteiger partial charge in [-0.05, 0) is 54.1 Å². The number of allylic oxidation sites excluding steroid dienone is 1. The number of thiophene rings is 1. The lowest BCUT2D eigenvalue weighted by Gasteiger charge is -2.18. The van der Waals surface area contributed by atoms with Crippen molar-refractivity contribution < 1.29 is 9.53 Å². The minimum Gasteiger partial charge on any atom is -0.493 e. The number of hydrogen-bond acceptors (Lipinski definition) is 4. The molecule has 5 heteroatoms. The first-order valence-electron chi connectivity index (χ1n) is 8.31. The highest BCUT2D eigenvalue weighted by molar-refractivity contribution is 7.10. The largest absolute Gasteiger partial charge is 0.493 e. The van der Waals surface area contributed by atoms with E-state index < -0.39 is 0 Å². The molecule has 0 saturated heterocycles. The van der Waals surface area contributed by atoms with Crippen LogP contribution in [-0.2, 0) is 12.8 Å². The molecule has 1 aliphatic carbocycles. The minimum absolute atomic E-state index is 0.138. The normalized spacial score (nSPS) is 15.4. The fourth-order valence-corrected chi connectivity index (χ4v) is 3.71. The van der Waals surface area contributed by atoms with Gasteiger partial charge < -0.3 is 9.72 Å². The molecule has 1 aliphatic rings. The third-order valence-corrected chi connectivity index (χ3v) is 5.15. The highest BCUT2D eigenvalue weighted by Crippen LogP contribution is 2.30. The van der Waals surface area contributed by atoms with Crippen molar-refractivity contribution in [2.45, 2.75) is 19.3 Å². The van der Waals surface area contributed by atoms with Crippen molar-refractivity contribution in [1.82, 2.24) is 9.97 Å². The molecule has 0 fully saturated rings. The van der Waals surface area contributed by atoms with E-state index in [0.29, 0.717) is 6.61 Å². The molecule has 2 aromatic heterocycles. The van der Waals surface area contributed by atoms with Crippen LogP contribution < -0.4 is 4.74 Å². The SMILES string of the molecule is O=C1C(=Cc2cccs2)CCc2cc(OCCc3cnc[nH]3)ccc21. The molecule has 0 radical (unpaired) electrons. The number of imidazole rings is 1. The molecule has 0 bridgehead atoms. The van der Waals surface area contributed by atoms with Gasteiger partial charge in [0.1, 0.15) is 5.75 Å². The number of rotatable bonds is 5. The maximum absolute atomic E-state index is 12.7. The monoisotopic (exact) mass is 350 g/mol. The molecule has 0 aliphatic heterocycles. The van der Waals surface area contributed by atoms with Crippen LogP contribution in [0.1, 0.15) is 32.9 Å². The van der Waals surface area contributed by atoms with Gasteiger partial charge >= 0.3 is 0 Å². The topological polar surface area (TPSA) is 55.0 Å². The van der Waals surface area contributed by atoms with Gasteiger partial charge in [-0.1, -0.05) is 6.07 Å². The summed E-state index contributed by atoms with van der Waals surface area (Å²) in [6, 6.07) is 9.83. The van der Waals surface area contributed by atoms with Gasteiger partial charge in [0.25, 0.3) is 0 Å². The number of hydrogen-bond donors (Lipinski definition) is 1. The van der Waals surface area contributed by atoms with E-state index in [-0.39, 0.29) is 5.78 Å². The molecule has 4 nitrogen and oxygen atoms in total. The van der Waals surface area contributed by atoms with Crippen LogP contribution in [0.4, 0.5) is 0 Å². The van der Waals surface area contributed by atoms with E-state index in [1.165, 1.54) is 0 Å². The zero-order valence-electron chi connectivity index (χ0n) is 13.7. The molecule has 0 saturated carbocycles. The Hall–Kier alpha value is -2.66. The summed E-state index contributed by atoms with van der Waals surface area (Å²) in [7, 11) is 0. The van der Waals surface area contributed by atoms with Gasteiger partial charge in [-0.15, -0.1) is 11.3 Å². The quantitative estimate of drug-likeness (QED) is 0.698. The second kappa shape index (κ2) is 7.07. The van der Waals surface area contributed by atoms with Gasteiger partial charge in [0, 0.05) is 34.3 Å². The van der Waals surface area contributed by atoms with E-state index in [9.17, 15) is 4.79 Å². The summed E-state index contributed by atoms with van der Waals surface area (Å²) >= 11 is 1.65. The lowest BCUT2D eigenvalue weighted by Crippen LogP contribution is -2.14. The number of nitrogens with one attached hydrogen (secondary N) is 1. The summed E-state index contributed by atoms with van der Waals surface area (Å²) < 4.78 is 5.82. The molecule has 3 aromatic rings. The summed E-state index contributed by atoms with van der Waals surface area (Å²) in [5.41, 5.74) is 3.82. The van der Waals surface area contributed by atoms with Crippen LogP contribution >= 0.6 is 11.3 Å². The fraction of sp³-hybridized carbons (Fsp3) is 0.200. The fourth-order valence-electron chi connectivity index (χ4n) is 3.03. The van der Waals surface area contributed by atoms with Crippen molar-refractivity contribution in [2.24, 2.45) is 0 Å². The van der Waals surface area contributed by atoms with Crippen molar-refractivity contribution in [3.8, 4) is 5.75 Å². The second-order valence-electron chi connectivity index (χ2n) is 6.01. The van der Waals surface area contributed by atoms with E-state index in [4.69, 9.17) is 4.74 Å². The number of benzene rings is 1. The Kier molecular flexibility index (Phi) is 4.48. The highest BCUT2D eigenvalue weighted by Gasteiger charge is 2.22. The number of ether oxygens (including phenoxy) is 1. The Bertz CT molecular complexity index is 896. The number of carbonyl (C=O) groups excluding carboxylic acids is 1. The number of H-pyrrole nitrogens is 1. The predicted molar refractivity (Wildman–Crippen MR) is 99.2 cm³/mol. The molecule has 2 heterocycles. The Morgan fingerprint density at radius 3 is 3.04 bits per heavy atom. The summed E-state index contributed by atoms with van der Waals surface area (Å²) in [5.74, 6) is 0.954. The van der Waals surface area contributed by atoms with Gasteiger partial charge in [0.2, 0.25) is 0 Å². The summed E-state index contributed by atoms with van der Waals surface area (Å²) in [4.78, 5) is 20.9.